The lowest BCUT2D eigenvalue weighted by molar-refractivity contribution is -0.135. The first-order chi connectivity index (χ1) is 14.9. The highest BCUT2D eigenvalue weighted by molar-refractivity contribution is 6.00. The van der Waals surface area contributed by atoms with Crippen LogP contribution in [0, 0.1) is 0 Å². The number of imide groups is 1. The van der Waals surface area contributed by atoms with E-state index in [-0.39, 0.29) is 18.0 Å². The van der Waals surface area contributed by atoms with Gasteiger partial charge in [0.1, 0.15) is 6.04 Å². The van der Waals surface area contributed by atoms with E-state index in [0.717, 1.165) is 36.4 Å². The standard InChI is InChI=1S/C23H25N5O3/c1-26-20-10-15(16-12-27(13-16)11-14-2-5-17(24)6-3-14)4-7-18(20)28(23(26)31)19-8-9-21(29)25-22(19)30/h2-7,10,16,19H,8-9,11-13,24H2,1H3,(H,25,29,30). The quantitative estimate of drug-likeness (QED) is 0.493. The Bertz CT molecular complexity index is 1230. The molecule has 0 saturated carbocycles. The zero-order valence-electron chi connectivity index (χ0n) is 17.4. The summed E-state index contributed by atoms with van der Waals surface area (Å²) < 4.78 is 3.11. The van der Waals surface area contributed by atoms with Crippen molar-refractivity contribution in [2.45, 2.75) is 31.3 Å². The van der Waals surface area contributed by atoms with Crippen LogP contribution < -0.4 is 16.7 Å². The van der Waals surface area contributed by atoms with E-state index in [2.05, 4.69) is 34.5 Å². The fourth-order valence-electron chi connectivity index (χ4n) is 4.66. The number of piperidine rings is 1. The number of anilines is 1. The molecule has 1 unspecified atom stereocenters. The fraction of sp³-hybridized carbons (Fsp3) is 0.348. The number of aromatic nitrogens is 2. The molecule has 2 saturated heterocycles. The number of carbonyl (C=O) groups is 2. The summed E-state index contributed by atoms with van der Waals surface area (Å²) in [5.41, 5.74) is 10.3. The second-order valence-electron chi connectivity index (χ2n) is 8.56. The van der Waals surface area contributed by atoms with Gasteiger partial charge in [0, 0.05) is 44.7 Å². The number of hydrogen-bond donors (Lipinski definition) is 2. The summed E-state index contributed by atoms with van der Waals surface area (Å²) in [6.07, 6.45) is 0.581. The normalized spacial score (nSPS) is 20.1. The summed E-state index contributed by atoms with van der Waals surface area (Å²) >= 11 is 0. The van der Waals surface area contributed by atoms with Gasteiger partial charge in [0.15, 0.2) is 0 Å². The van der Waals surface area contributed by atoms with Crippen molar-refractivity contribution in [3.05, 3.63) is 64.1 Å². The number of benzene rings is 2. The molecule has 3 heterocycles. The molecule has 1 aromatic heterocycles. The van der Waals surface area contributed by atoms with Gasteiger partial charge in [-0.05, 0) is 41.8 Å². The topological polar surface area (TPSA) is 102 Å². The van der Waals surface area contributed by atoms with Gasteiger partial charge in [-0.1, -0.05) is 18.2 Å². The maximum absolute atomic E-state index is 12.9. The van der Waals surface area contributed by atoms with Crippen LogP contribution in [0.5, 0.6) is 0 Å². The molecule has 31 heavy (non-hydrogen) atoms. The van der Waals surface area contributed by atoms with Gasteiger partial charge in [0.25, 0.3) is 0 Å². The van der Waals surface area contributed by atoms with Crippen LogP contribution in [0.3, 0.4) is 0 Å². The zero-order chi connectivity index (χ0) is 21.7. The number of imidazole rings is 1. The molecule has 160 valence electrons. The molecule has 0 radical (unpaired) electrons. The molecule has 0 aliphatic carbocycles. The molecule has 1 atom stereocenters. The molecule has 2 aliphatic heterocycles. The average molecular weight is 419 g/mol. The Morgan fingerprint density at radius 3 is 2.48 bits per heavy atom. The van der Waals surface area contributed by atoms with E-state index in [1.54, 1.807) is 11.6 Å². The van der Waals surface area contributed by atoms with Gasteiger partial charge in [-0.3, -0.25) is 28.9 Å². The first-order valence-corrected chi connectivity index (χ1v) is 10.5. The number of nitrogens with one attached hydrogen (secondary N) is 1. The van der Waals surface area contributed by atoms with E-state index in [9.17, 15) is 14.4 Å². The SMILES string of the molecule is Cn1c(=O)n(C2CCC(=O)NC2=O)c2ccc(C3CN(Cc4ccc(N)cc4)C3)cc21. The molecule has 8 heteroatoms. The highest BCUT2D eigenvalue weighted by Gasteiger charge is 2.32. The van der Waals surface area contributed by atoms with Gasteiger partial charge in [-0.2, -0.15) is 0 Å². The molecular formula is C23H25N5O3. The number of aryl methyl sites for hydroxylation is 1. The number of likely N-dealkylation sites (tertiary alicyclic amines) is 1. The number of hydrogen-bond acceptors (Lipinski definition) is 5. The number of nitrogens with zero attached hydrogens (tertiary/aromatic N) is 3. The van der Waals surface area contributed by atoms with Crippen LogP contribution in [0.4, 0.5) is 5.69 Å². The van der Waals surface area contributed by atoms with E-state index in [1.807, 2.05) is 18.2 Å². The Morgan fingerprint density at radius 2 is 1.77 bits per heavy atom. The molecule has 2 fully saturated rings. The Kier molecular flexibility index (Phi) is 4.66. The lowest BCUT2D eigenvalue weighted by Crippen LogP contribution is -2.44. The zero-order valence-corrected chi connectivity index (χ0v) is 17.4. The van der Waals surface area contributed by atoms with Crippen LogP contribution in [0.1, 0.15) is 35.9 Å². The van der Waals surface area contributed by atoms with Crippen LogP contribution in [0.2, 0.25) is 0 Å². The molecule has 0 spiro atoms. The van der Waals surface area contributed by atoms with Crippen LogP contribution in [-0.4, -0.2) is 38.9 Å². The van der Waals surface area contributed by atoms with Gasteiger partial charge >= 0.3 is 5.69 Å². The average Bonchev–Trinajstić information content (AvgIpc) is 2.96. The summed E-state index contributed by atoms with van der Waals surface area (Å²) in [6, 6.07) is 13.4. The van der Waals surface area contributed by atoms with Gasteiger partial charge in [-0.25, -0.2) is 4.79 Å². The predicted molar refractivity (Wildman–Crippen MR) is 117 cm³/mol. The van der Waals surface area contributed by atoms with E-state index in [4.69, 9.17) is 5.73 Å². The van der Waals surface area contributed by atoms with Crippen molar-refractivity contribution in [2.75, 3.05) is 18.8 Å². The van der Waals surface area contributed by atoms with Crippen molar-refractivity contribution in [3.63, 3.8) is 0 Å². The summed E-state index contributed by atoms with van der Waals surface area (Å²) in [6.45, 7) is 2.80. The highest BCUT2D eigenvalue weighted by atomic mass is 16.2. The van der Waals surface area contributed by atoms with Crippen molar-refractivity contribution in [1.29, 1.82) is 0 Å². The number of amides is 2. The molecule has 0 bridgehead atoms. The third kappa shape index (κ3) is 3.42. The van der Waals surface area contributed by atoms with Crippen molar-refractivity contribution in [3.8, 4) is 0 Å². The number of nitrogens with two attached hydrogens (primary N) is 1. The summed E-state index contributed by atoms with van der Waals surface area (Å²) in [4.78, 5) is 39.1. The van der Waals surface area contributed by atoms with Crippen LogP contribution in [0.15, 0.2) is 47.3 Å². The van der Waals surface area contributed by atoms with Crippen LogP contribution >= 0.6 is 0 Å². The van der Waals surface area contributed by atoms with Gasteiger partial charge in [-0.15, -0.1) is 0 Å². The van der Waals surface area contributed by atoms with Crippen molar-refractivity contribution < 1.29 is 9.59 Å². The molecule has 3 N–H and O–H groups in total. The van der Waals surface area contributed by atoms with E-state index >= 15 is 0 Å². The third-order valence-corrected chi connectivity index (χ3v) is 6.45. The van der Waals surface area contributed by atoms with E-state index in [1.165, 1.54) is 15.7 Å². The maximum Gasteiger partial charge on any atom is 0.329 e. The van der Waals surface area contributed by atoms with Gasteiger partial charge < -0.3 is 5.73 Å². The van der Waals surface area contributed by atoms with Crippen molar-refractivity contribution >= 4 is 28.5 Å². The number of carbonyl (C=O) groups excluding carboxylic acids is 2. The smallest absolute Gasteiger partial charge is 0.329 e. The Morgan fingerprint density at radius 1 is 1.03 bits per heavy atom. The Balaban J connectivity index is 1.36. The third-order valence-electron chi connectivity index (χ3n) is 6.45. The highest BCUT2D eigenvalue weighted by Crippen LogP contribution is 2.31. The minimum absolute atomic E-state index is 0.236. The largest absolute Gasteiger partial charge is 0.399 e. The number of fused-ring (bicyclic) bond motifs is 1. The van der Waals surface area contributed by atoms with E-state index < -0.39 is 11.9 Å². The minimum Gasteiger partial charge on any atom is -0.399 e. The second kappa shape index (κ2) is 7.39. The molecule has 2 aromatic carbocycles. The summed E-state index contributed by atoms with van der Waals surface area (Å²) in [7, 11) is 1.73. The van der Waals surface area contributed by atoms with Gasteiger partial charge in [0.2, 0.25) is 11.8 Å². The first kappa shape index (κ1) is 19.6. The monoisotopic (exact) mass is 419 g/mol. The molecule has 8 nitrogen and oxygen atoms in total. The second-order valence-corrected chi connectivity index (χ2v) is 8.56. The van der Waals surface area contributed by atoms with E-state index in [0.29, 0.717) is 12.3 Å². The Hall–Kier alpha value is -3.39. The maximum atomic E-state index is 12.9. The van der Waals surface area contributed by atoms with Gasteiger partial charge in [0.05, 0.1) is 11.0 Å². The number of rotatable bonds is 4. The lowest BCUT2D eigenvalue weighted by atomic mass is 9.90. The first-order valence-electron chi connectivity index (χ1n) is 10.5. The molecule has 2 aliphatic rings. The fourth-order valence-corrected chi connectivity index (χ4v) is 4.66. The van der Waals surface area contributed by atoms with Crippen LogP contribution in [0.25, 0.3) is 11.0 Å². The predicted octanol–water partition coefficient (Wildman–Crippen LogP) is 1.50. The lowest BCUT2D eigenvalue weighted by Gasteiger charge is -2.39. The Labute approximate surface area is 179 Å². The summed E-state index contributed by atoms with van der Waals surface area (Å²) in [5.74, 6) is -0.287. The number of nitrogen functional groups attached to an aromatic ring is 1. The molecular weight excluding hydrogens is 394 g/mol. The van der Waals surface area contributed by atoms with Crippen molar-refractivity contribution in [2.24, 2.45) is 7.05 Å². The minimum atomic E-state index is -0.654. The molecule has 2 amide bonds. The van der Waals surface area contributed by atoms with Crippen LogP contribution in [-0.2, 0) is 23.2 Å². The summed E-state index contributed by atoms with van der Waals surface area (Å²) in [5, 5.41) is 2.35. The molecule has 3 aromatic rings. The molecule has 5 rings (SSSR count). The van der Waals surface area contributed by atoms with Crippen molar-refractivity contribution in [1.82, 2.24) is 19.4 Å².